The van der Waals surface area contributed by atoms with Gasteiger partial charge in [-0.2, -0.15) is 4.89 Å². The average Bonchev–Trinajstić information content (AvgIpc) is 2.57. The third-order valence-electron chi connectivity index (χ3n) is 4.31. The summed E-state index contributed by atoms with van der Waals surface area (Å²) >= 11 is 0. The molecule has 4 nitrogen and oxygen atoms in total. The van der Waals surface area contributed by atoms with Crippen molar-refractivity contribution in [3.05, 3.63) is 59.4 Å². The van der Waals surface area contributed by atoms with Gasteiger partial charge in [-0.05, 0) is 51.1 Å². The summed E-state index contributed by atoms with van der Waals surface area (Å²) < 4.78 is 19.4. The van der Waals surface area contributed by atoms with Crippen LogP contribution in [-0.4, -0.2) is 25.8 Å². The zero-order valence-electron chi connectivity index (χ0n) is 15.3. The summed E-state index contributed by atoms with van der Waals surface area (Å²) in [7, 11) is 1.85. The van der Waals surface area contributed by atoms with Crippen molar-refractivity contribution in [1.29, 1.82) is 0 Å². The van der Waals surface area contributed by atoms with E-state index in [4.69, 9.17) is 14.5 Å². The quantitative estimate of drug-likeness (QED) is 0.455. The maximum Gasteiger partial charge on any atom is 0.169 e. The fourth-order valence-electron chi connectivity index (χ4n) is 3.13. The van der Waals surface area contributed by atoms with Crippen molar-refractivity contribution in [3.8, 4) is 11.5 Å². The van der Waals surface area contributed by atoms with Gasteiger partial charge in [0, 0.05) is 24.1 Å². The number of hydrogen-bond donors (Lipinski definition) is 1. The lowest BCUT2D eigenvalue weighted by molar-refractivity contribution is -0.204. The Bertz CT molecular complexity index is 721. The second-order valence-corrected chi connectivity index (χ2v) is 6.88. The van der Waals surface area contributed by atoms with Crippen LogP contribution in [0.5, 0.6) is 11.5 Å². The maximum atomic E-state index is 13.3. The summed E-state index contributed by atoms with van der Waals surface area (Å²) in [5, 5.41) is 2.99. The van der Waals surface area contributed by atoms with Crippen LogP contribution in [0.3, 0.4) is 0 Å². The van der Waals surface area contributed by atoms with E-state index in [1.54, 1.807) is 0 Å². The van der Waals surface area contributed by atoms with Gasteiger partial charge in [0.25, 0.3) is 0 Å². The van der Waals surface area contributed by atoms with Gasteiger partial charge in [-0.15, -0.1) is 12.4 Å². The minimum absolute atomic E-state index is 0. The van der Waals surface area contributed by atoms with Crippen LogP contribution in [0.25, 0.3) is 0 Å². The number of ether oxygens (including phenoxy) is 1. The summed E-state index contributed by atoms with van der Waals surface area (Å²) in [6.07, 6.45) is 0.824. The fraction of sp³-hybridized carbons (Fsp3) is 0.400. The number of halogens is 2. The summed E-state index contributed by atoms with van der Waals surface area (Å²) in [5.74, 6) is 1.31. The van der Waals surface area contributed by atoms with Crippen LogP contribution >= 0.6 is 12.4 Å². The molecule has 1 aliphatic heterocycles. The van der Waals surface area contributed by atoms with E-state index in [-0.39, 0.29) is 29.7 Å². The van der Waals surface area contributed by atoms with Crippen molar-refractivity contribution in [1.82, 2.24) is 5.32 Å². The molecule has 26 heavy (non-hydrogen) atoms. The van der Waals surface area contributed by atoms with Crippen LogP contribution < -0.4 is 14.9 Å². The van der Waals surface area contributed by atoms with Crippen LogP contribution in [0.1, 0.15) is 37.3 Å². The Balaban J connectivity index is 0.00000243. The van der Waals surface area contributed by atoms with Gasteiger partial charge in [-0.1, -0.05) is 18.2 Å². The molecule has 1 N–H and O–H groups in total. The Morgan fingerprint density at radius 1 is 1.19 bits per heavy atom. The van der Waals surface area contributed by atoms with E-state index in [0.29, 0.717) is 18.9 Å². The Kier molecular flexibility index (Phi) is 6.87. The molecule has 1 atom stereocenters. The minimum atomic E-state index is -0.322. The highest BCUT2D eigenvalue weighted by Crippen LogP contribution is 2.45. The number of likely N-dealkylation sites (N-methyl/N-ethyl adjacent to an activating group) is 1. The largest absolute Gasteiger partial charge is 0.487 e. The zero-order chi connectivity index (χ0) is 17.9. The second kappa shape index (κ2) is 8.71. The molecule has 0 saturated carbocycles. The van der Waals surface area contributed by atoms with Crippen molar-refractivity contribution < 1.29 is 18.9 Å². The highest BCUT2D eigenvalue weighted by Gasteiger charge is 2.34. The SMILES string of the molecule is CNCCOOc1ccc2c(c1)OC(C)(C)CC2c1ccc(F)cc1.Cl. The third-order valence-corrected chi connectivity index (χ3v) is 4.31. The molecule has 0 bridgehead atoms. The normalized spacial score (nSPS) is 17.6. The van der Waals surface area contributed by atoms with E-state index in [2.05, 4.69) is 19.2 Å². The molecule has 0 radical (unpaired) electrons. The van der Waals surface area contributed by atoms with E-state index in [1.807, 2.05) is 37.4 Å². The molecule has 0 spiro atoms. The van der Waals surface area contributed by atoms with Crippen molar-refractivity contribution in [3.63, 3.8) is 0 Å². The molecule has 0 fully saturated rings. The fourth-order valence-corrected chi connectivity index (χ4v) is 3.13. The van der Waals surface area contributed by atoms with Gasteiger partial charge < -0.3 is 14.9 Å². The molecule has 1 heterocycles. The Labute approximate surface area is 160 Å². The van der Waals surface area contributed by atoms with Gasteiger partial charge in [-0.3, -0.25) is 0 Å². The highest BCUT2D eigenvalue weighted by molar-refractivity contribution is 5.85. The molecule has 0 amide bonds. The van der Waals surface area contributed by atoms with Gasteiger partial charge in [0.2, 0.25) is 0 Å². The first-order valence-corrected chi connectivity index (χ1v) is 8.51. The topological polar surface area (TPSA) is 39.7 Å². The van der Waals surface area contributed by atoms with Gasteiger partial charge in [0.1, 0.15) is 23.8 Å². The molecule has 0 saturated heterocycles. The number of nitrogens with one attached hydrogen (secondary N) is 1. The van der Waals surface area contributed by atoms with Crippen LogP contribution in [0.4, 0.5) is 4.39 Å². The standard InChI is InChI=1S/C20H24FNO3.ClH/c1-20(2)13-18(14-4-6-15(21)7-5-14)17-9-8-16(12-19(17)24-20)25-23-11-10-22-3;/h4-9,12,18,22H,10-11,13H2,1-3H3;1H. The Morgan fingerprint density at radius 2 is 1.92 bits per heavy atom. The monoisotopic (exact) mass is 381 g/mol. The van der Waals surface area contributed by atoms with Gasteiger partial charge in [0.05, 0.1) is 0 Å². The van der Waals surface area contributed by atoms with Gasteiger partial charge >= 0.3 is 0 Å². The summed E-state index contributed by atoms with van der Waals surface area (Å²) in [6.45, 7) is 5.28. The van der Waals surface area contributed by atoms with Crippen LogP contribution in [-0.2, 0) is 4.89 Å². The number of hydrogen-bond acceptors (Lipinski definition) is 4. The summed E-state index contributed by atoms with van der Waals surface area (Å²) in [6, 6.07) is 12.4. The molecule has 142 valence electrons. The second-order valence-electron chi connectivity index (χ2n) is 6.88. The maximum absolute atomic E-state index is 13.3. The number of rotatable bonds is 6. The van der Waals surface area contributed by atoms with Crippen molar-refractivity contribution in [2.45, 2.75) is 31.8 Å². The summed E-state index contributed by atoms with van der Waals surface area (Å²) in [4.78, 5) is 10.5. The molecule has 3 rings (SSSR count). The van der Waals surface area contributed by atoms with Crippen LogP contribution in [0, 0.1) is 5.82 Å². The first-order valence-electron chi connectivity index (χ1n) is 8.51. The van der Waals surface area contributed by atoms with Gasteiger partial charge in [0.15, 0.2) is 5.75 Å². The molecule has 1 unspecified atom stereocenters. The molecule has 0 aliphatic carbocycles. The first-order chi connectivity index (χ1) is 12.0. The minimum Gasteiger partial charge on any atom is -0.487 e. The predicted octanol–water partition coefficient (Wildman–Crippen LogP) is 4.47. The molecule has 0 aromatic heterocycles. The van der Waals surface area contributed by atoms with Crippen LogP contribution in [0.15, 0.2) is 42.5 Å². The smallest absolute Gasteiger partial charge is 0.169 e. The average molecular weight is 382 g/mol. The van der Waals surface area contributed by atoms with E-state index in [9.17, 15) is 4.39 Å². The Morgan fingerprint density at radius 3 is 2.62 bits per heavy atom. The van der Waals surface area contributed by atoms with E-state index in [1.165, 1.54) is 12.1 Å². The van der Waals surface area contributed by atoms with Crippen molar-refractivity contribution in [2.24, 2.45) is 0 Å². The van der Waals surface area contributed by atoms with Gasteiger partial charge in [-0.25, -0.2) is 4.39 Å². The molecule has 2 aromatic carbocycles. The molecule has 6 heteroatoms. The molecular weight excluding hydrogens is 357 g/mol. The first kappa shape index (κ1) is 20.5. The zero-order valence-corrected chi connectivity index (χ0v) is 16.1. The third kappa shape index (κ3) is 4.87. The van der Waals surface area contributed by atoms with E-state index in [0.717, 1.165) is 23.3 Å². The highest BCUT2D eigenvalue weighted by atomic mass is 35.5. The van der Waals surface area contributed by atoms with E-state index < -0.39 is 0 Å². The predicted molar refractivity (Wildman–Crippen MR) is 102 cm³/mol. The van der Waals surface area contributed by atoms with E-state index >= 15 is 0 Å². The molecular formula is C20H25ClFNO3. The lowest BCUT2D eigenvalue weighted by Gasteiger charge is -2.38. The summed E-state index contributed by atoms with van der Waals surface area (Å²) in [5.41, 5.74) is 1.84. The Hall–Kier alpha value is -1.82. The van der Waals surface area contributed by atoms with Crippen molar-refractivity contribution >= 4 is 12.4 Å². The molecule has 1 aliphatic rings. The number of fused-ring (bicyclic) bond motifs is 1. The lowest BCUT2D eigenvalue weighted by Crippen LogP contribution is -2.35. The van der Waals surface area contributed by atoms with Crippen LogP contribution in [0.2, 0.25) is 0 Å². The lowest BCUT2D eigenvalue weighted by atomic mass is 9.80. The van der Waals surface area contributed by atoms with Crippen molar-refractivity contribution in [2.75, 3.05) is 20.2 Å². The number of benzene rings is 2. The molecule has 2 aromatic rings.